The smallest absolute Gasteiger partial charge is 0.178 e. The molecular formula is C30H24O3. The van der Waals surface area contributed by atoms with E-state index in [1.165, 1.54) is 0 Å². The second-order valence-electron chi connectivity index (χ2n) is 8.18. The summed E-state index contributed by atoms with van der Waals surface area (Å²) in [6.45, 7) is 2.50. The van der Waals surface area contributed by atoms with Crippen molar-refractivity contribution < 1.29 is 14.3 Å². The van der Waals surface area contributed by atoms with Crippen molar-refractivity contribution in [3.8, 4) is 0 Å². The van der Waals surface area contributed by atoms with E-state index in [-0.39, 0.29) is 11.6 Å². The Morgan fingerprint density at radius 3 is 1.48 bits per heavy atom. The van der Waals surface area contributed by atoms with E-state index in [1.54, 1.807) is 24.3 Å². The Bertz CT molecular complexity index is 1220. The molecule has 0 radical (unpaired) electrons. The molecule has 3 heteroatoms. The summed E-state index contributed by atoms with van der Waals surface area (Å²) in [4.78, 5) is 26.0. The van der Waals surface area contributed by atoms with Crippen LogP contribution in [0, 0.1) is 0 Å². The fourth-order valence-corrected chi connectivity index (χ4v) is 4.87. The lowest BCUT2D eigenvalue weighted by Gasteiger charge is -2.35. The maximum atomic E-state index is 13.0. The van der Waals surface area contributed by atoms with Crippen LogP contribution in [0.4, 0.5) is 0 Å². The van der Waals surface area contributed by atoms with Gasteiger partial charge in [-0.1, -0.05) is 109 Å². The lowest BCUT2D eigenvalue weighted by Crippen LogP contribution is -2.33. The SMILES string of the molecule is CCOC(c1ccccc1)(c1ccccc1)c1ccc(C2C(=O)c3ccccc3C2=O)cc1. The highest BCUT2D eigenvalue weighted by Crippen LogP contribution is 2.41. The van der Waals surface area contributed by atoms with Gasteiger partial charge in [0.2, 0.25) is 0 Å². The third kappa shape index (κ3) is 3.42. The standard InChI is InChI=1S/C30H24O3/c1-2-33-30(22-11-5-3-6-12-22,23-13-7-4-8-14-23)24-19-17-21(18-20-24)27-28(31)25-15-9-10-16-26(25)29(27)32/h3-20,27H,2H2,1H3. The van der Waals surface area contributed by atoms with Crippen molar-refractivity contribution in [3.05, 3.63) is 143 Å². The Hall–Kier alpha value is -3.82. The summed E-state index contributed by atoms with van der Waals surface area (Å²) in [5.41, 5.74) is 3.90. The molecule has 0 saturated carbocycles. The maximum absolute atomic E-state index is 13.0. The molecule has 0 fully saturated rings. The van der Waals surface area contributed by atoms with Gasteiger partial charge in [-0.3, -0.25) is 9.59 Å². The zero-order valence-corrected chi connectivity index (χ0v) is 18.4. The highest BCUT2D eigenvalue weighted by atomic mass is 16.5. The lowest BCUT2D eigenvalue weighted by atomic mass is 9.79. The second-order valence-corrected chi connectivity index (χ2v) is 8.18. The summed E-state index contributed by atoms with van der Waals surface area (Å²) in [7, 11) is 0. The molecule has 0 aromatic heterocycles. The van der Waals surface area contributed by atoms with E-state index in [1.807, 2.05) is 67.6 Å². The molecule has 0 spiro atoms. The largest absolute Gasteiger partial charge is 0.361 e. The van der Waals surface area contributed by atoms with Gasteiger partial charge in [-0.25, -0.2) is 0 Å². The average Bonchev–Trinajstić information content (AvgIpc) is 3.14. The van der Waals surface area contributed by atoms with Gasteiger partial charge in [-0.05, 0) is 29.2 Å². The Morgan fingerprint density at radius 1 is 0.606 bits per heavy atom. The summed E-state index contributed by atoms with van der Waals surface area (Å²) in [5, 5.41) is 0. The van der Waals surface area contributed by atoms with Gasteiger partial charge in [0.15, 0.2) is 11.6 Å². The van der Waals surface area contributed by atoms with Gasteiger partial charge in [0, 0.05) is 17.7 Å². The number of ketones is 2. The van der Waals surface area contributed by atoms with E-state index < -0.39 is 11.5 Å². The molecular weight excluding hydrogens is 408 g/mol. The molecule has 1 aliphatic carbocycles. The highest BCUT2D eigenvalue weighted by Gasteiger charge is 2.40. The van der Waals surface area contributed by atoms with E-state index >= 15 is 0 Å². The van der Waals surface area contributed by atoms with Gasteiger partial charge in [0.1, 0.15) is 11.5 Å². The number of carbonyl (C=O) groups excluding carboxylic acids is 2. The minimum Gasteiger partial charge on any atom is -0.361 e. The van der Waals surface area contributed by atoms with Gasteiger partial charge in [0.05, 0.1) is 0 Å². The Balaban J connectivity index is 1.61. The minimum atomic E-state index is -0.803. The molecule has 33 heavy (non-hydrogen) atoms. The van der Waals surface area contributed by atoms with Crippen LogP contribution < -0.4 is 0 Å². The van der Waals surface area contributed by atoms with Crippen molar-refractivity contribution in [3.63, 3.8) is 0 Å². The molecule has 0 atom stereocenters. The molecule has 162 valence electrons. The summed E-state index contributed by atoms with van der Waals surface area (Å²) in [6, 6.07) is 35.1. The zero-order valence-electron chi connectivity index (χ0n) is 18.4. The van der Waals surface area contributed by atoms with Gasteiger partial charge in [0.25, 0.3) is 0 Å². The summed E-state index contributed by atoms with van der Waals surface area (Å²) >= 11 is 0. The van der Waals surface area contributed by atoms with Crippen molar-refractivity contribution in [2.24, 2.45) is 0 Å². The topological polar surface area (TPSA) is 43.4 Å². The first-order valence-corrected chi connectivity index (χ1v) is 11.2. The monoisotopic (exact) mass is 432 g/mol. The number of fused-ring (bicyclic) bond motifs is 1. The summed E-state index contributed by atoms with van der Waals surface area (Å²) in [5.74, 6) is -1.05. The Morgan fingerprint density at radius 2 is 1.03 bits per heavy atom. The van der Waals surface area contributed by atoms with E-state index in [0.29, 0.717) is 23.3 Å². The molecule has 0 unspecified atom stereocenters. The molecule has 0 bridgehead atoms. The molecule has 0 saturated heterocycles. The molecule has 1 aliphatic rings. The number of hydrogen-bond donors (Lipinski definition) is 0. The molecule has 0 N–H and O–H groups in total. The normalized spacial score (nSPS) is 13.8. The predicted molar refractivity (Wildman–Crippen MR) is 129 cm³/mol. The first-order valence-electron chi connectivity index (χ1n) is 11.2. The fraction of sp³-hybridized carbons (Fsp3) is 0.133. The van der Waals surface area contributed by atoms with Gasteiger partial charge in [-0.15, -0.1) is 0 Å². The molecule has 3 nitrogen and oxygen atoms in total. The molecule has 4 aromatic rings. The van der Waals surface area contributed by atoms with Crippen LogP contribution in [0.1, 0.15) is 55.8 Å². The number of ether oxygens (including phenoxy) is 1. The zero-order chi connectivity index (χ0) is 22.8. The van der Waals surface area contributed by atoms with Crippen LogP contribution in [0.15, 0.2) is 109 Å². The van der Waals surface area contributed by atoms with E-state index in [2.05, 4.69) is 24.3 Å². The summed E-state index contributed by atoms with van der Waals surface area (Å²) in [6.07, 6.45) is 0. The van der Waals surface area contributed by atoms with Crippen molar-refractivity contribution in [1.29, 1.82) is 0 Å². The van der Waals surface area contributed by atoms with E-state index in [4.69, 9.17) is 4.74 Å². The van der Waals surface area contributed by atoms with Crippen molar-refractivity contribution in [1.82, 2.24) is 0 Å². The quantitative estimate of drug-likeness (QED) is 0.270. The molecule has 5 rings (SSSR count). The number of benzene rings is 4. The number of hydrogen-bond acceptors (Lipinski definition) is 3. The van der Waals surface area contributed by atoms with Crippen LogP contribution in [0.25, 0.3) is 0 Å². The first kappa shape index (κ1) is 21.0. The first-order chi connectivity index (χ1) is 16.2. The number of carbonyl (C=O) groups is 2. The maximum Gasteiger partial charge on any atom is 0.178 e. The third-order valence-electron chi connectivity index (χ3n) is 6.35. The average molecular weight is 433 g/mol. The van der Waals surface area contributed by atoms with Crippen molar-refractivity contribution in [2.45, 2.75) is 18.4 Å². The van der Waals surface area contributed by atoms with Crippen LogP contribution in [0.5, 0.6) is 0 Å². The predicted octanol–water partition coefficient (Wildman–Crippen LogP) is 6.18. The third-order valence-corrected chi connectivity index (χ3v) is 6.35. The molecule has 0 aliphatic heterocycles. The van der Waals surface area contributed by atoms with Crippen molar-refractivity contribution in [2.75, 3.05) is 6.61 Å². The molecule has 0 heterocycles. The minimum absolute atomic E-state index is 0.134. The molecule has 4 aromatic carbocycles. The lowest BCUT2D eigenvalue weighted by molar-refractivity contribution is 0.0216. The second kappa shape index (κ2) is 8.61. The summed E-state index contributed by atoms with van der Waals surface area (Å²) < 4.78 is 6.51. The van der Waals surface area contributed by atoms with Crippen LogP contribution in [0.2, 0.25) is 0 Å². The Labute approximate surface area is 193 Å². The van der Waals surface area contributed by atoms with E-state index in [9.17, 15) is 9.59 Å². The highest BCUT2D eigenvalue weighted by molar-refractivity contribution is 6.29. The van der Waals surface area contributed by atoms with Crippen LogP contribution in [-0.2, 0) is 10.3 Å². The van der Waals surface area contributed by atoms with Crippen LogP contribution in [-0.4, -0.2) is 18.2 Å². The van der Waals surface area contributed by atoms with Crippen LogP contribution >= 0.6 is 0 Å². The van der Waals surface area contributed by atoms with Gasteiger partial charge >= 0.3 is 0 Å². The number of rotatable bonds is 6. The fourth-order valence-electron chi connectivity index (χ4n) is 4.87. The van der Waals surface area contributed by atoms with Gasteiger partial charge in [-0.2, -0.15) is 0 Å². The Kier molecular flexibility index (Phi) is 5.49. The molecule has 0 amide bonds. The van der Waals surface area contributed by atoms with Gasteiger partial charge < -0.3 is 4.74 Å². The van der Waals surface area contributed by atoms with Crippen molar-refractivity contribution >= 4 is 11.6 Å². The number of Topliss-reactive ketones (excluding diaryl/α,β-unsaturated/α-hetero) is 2. The van der Waals surface area contributed by atoms with Crippen LogP contribution in [0.3, 0.4) is 0 Å². The van der Waals surface area contributed by atoms with E-state index in [0.717, 1.165) is 16.7 Å².